The molecule has 1 aromatic carbocycles. The van der Waals surface area contributed by atoms with Gasteiger partial charge in [-0.1, -0.05) is 12.1 Å². The second kappa shape index (κ2) is 6.48. The lowest BCUT2D eigenvalue weighted by Gasteiger charge is -2.30. The van der Waals surface area contributed by atoms with Crippen molar-refractivity contribution in [2.24, 2.45) is 0 Å². The Morgan fingerprint density at radius 2 is 2.00 bits per heavy atom. The zero-order valence-corrected chi connectivity index (χ0v) is 12.6. The zero-order chi connectivity index (χ0) is 14.7. The lowest BCUT2D eigenvalue weighted by molar-refractivity contribution is -0.142. The van der Waals surface area contributed by atoms with Crippen molar-refractivity contribution in [3.05, 3.63) is 29.3 Å². The van der Waals surface area contributed by atoms with Gasteiger partial charge in [-0.2, -0.15) is 0 Å². The predicted molar refractivity (Wildman–Crippen MR) is 80.6 cm³/mol. The molecule has 114 valence electrons. The van der Waals surface area contributed by atoms with E-state index >= 15 is 0 Å². The smallest absolute Gasteiger partial charge is 0.263 e. The van der Waals surface area contributed by atoms with Crippen molar-refractivity contribution in [2.75, 3.05) is 26.3 Å². The molecule has 1 unspecified atom stereocenters. The van der Waals surface area contributed by atoms with Gasteiger partial charge in [0.05, 0.1) is 13.2 Å². The second-order valence-electron chi connectivity index (χ2n) is 5.80. The summed E-state index contributed by atoms with van der Waals surface area (Å²) in [5.41, 5.74) is 2.68. The van der Waals surface area contributed by atoms with Gasteiger partial charge in [0, 0.05) is 13.1 Å². The number of aryl methyl sites for hydroxylation is 1. The van der Waals surface area contributed by atoms with E-state index in [1.807, 2.05) is 24.0 Å². The van der Waals surface area contributed by atoms with E-state index < -0.39 is 6.10 Å². The topological polar surface area (TPSA) is 38.8 Å². The van der Waals surface area contributed by atoms with E-state index in [1.165, 1.54) is 24.0 Å². The molecule has 0 bridgehead atoms. The van der Waals surface area contributed by atoms with Crippen LogP contribution in [0.3, 0.4) is 0 Å². The van der Waals surface area contributed by atoms with Crippen LogP contribution in [0.5, 0.6) is 5.75 Å². The molecule has 1 atom stereocenters. The average Bonchev–Trinajstić information content (AvgIpc) is 2.55. The first-order chi connectivity index (χ1) is 10.3. The lowest BCUT2D eigenvalue weighted by atomic mass is 9.91. The number of carbonyl (C=O) groups is 1. The van der Waals surface area contributed by atoms with Crippen molar-refractivity contribution >= 4 is 5.91 Å². The fraction of sp³-hybridized carbons (Fsp3) is 0.588. The largest absolute Gasteiger partial charge is 0.481 e. The van der Waals surface area contributed by atoms with Crippen molar-refractivity contribution in [1.29, 1.82) is 0 Å². The standard InChI is InChI=1S/C17H23NO3/c1-13(17(19)18-9-11-20-12-10-18)21-16-8-4-6-14-5-2-3-7-15(14)16/h4,6,8,13H,2-3,5,7,9-12H2,1H3. The van der Waals surface area contributed by atoms with Crippen LogP contribution in [0.1, 0.15) is 30.9 Å². The molecule has 4 nitrogen and oxygen atoms in total. The third kappa shape index (κ3) is 3.21. The summed E-state index contributed by atoms with van der Waals surface area (Å²) in [6.07, 6.45) is 4.21. The summed E-state index contributed by atoms with van der Waals surface area (Å²) in [6.45, 7) is 4.43. The Kier molecular flexibility index (Phi) is 4.44. The first-order valence-corrected chi connectivity index (χ1v) is 7.89. The van der Waals surface area contributed by atoms with E-state index in [0.29, 0.717) is 26.3 Å². The van der Waals surface area contributed by atoms with E-state index in [9.17, 15) is 4.79 Å². The maximum atomic E-state index is 12.4. The molecule has 0 saturated carbocycles. The number of fused-ring (bicyclic) bond motifs is 1. The quantitative estimate of drug-likeness (QED) is 0.856. The maximum absolute atomic E-state index is 12.4. The number of hydrogen-bond donors (Lipinski definition) is 0. The van der Waals surface area contributed by atoms with Crippen LogP contribution in [0, 0.1) is 0 Å². The molecule has 0 radical (unpaired) electrons. The molecule has 1 amide bonds. The van der Waals surface area contributed by atoms with Gasteiger partial charge < -0.3 is 14.4 Å². The Hall–Kier alpha value is -1.55. The second-order valence-corrected chi connectivity index (χ2v) is 5.80. The molecule has 1 aromatic rings. The van der Waals surface area contributed by atoms with Gasteiger partial charge in [-0.05, 0) is 49.8 Å². The van der Waals surface area contributed by atoms with E-state index in [-0.39, 0.29) is 5.91 Å². The van der Waals surface area contributed by atoms with Gasteiger partial charge in [0.1, 0.15) is 5.75 Å². The summed E-state index contributed by atoms with van der Waals surface area (Å²) >= 11 is 0. The third-order valence-electron chi connectivity index (χ3n) is 4.33. The minimum atomic E-state index is -0.434. The van der Waals surface area contributed by atoms with Crippen molar-refractivity contribution in [3.63, 3.8) is 0 Å². The van der Waals surface area contributed by atoms with E-state index in [4.69, 9.17) is 9.47 Å². The molecule has 0 N–H and O–H groups in total. The minimum Gasteiger partial charge on any atom is -0.481 e. The molecule has 1 fully saturated rings. The highest BCUT2D eigenvalue weighted by atomic mass is 16.5. The summed E-state index contributed by atoms with van der Waals surface area (Å²) in [4.78, 5) is 14.3. The highest BCUT2D eigenvalue weighted by molar-refractivity contribution is 5.81. The van der Waals surface area contributed by atoms with Gasteiger partial charge >= 0.3 is 0 Å². The fourth-order valence-corrected chi connectivity index (χ4v) is 3.14. The molecule has 1 saturated heterocycles. The number of morpholine rings is 1. The molecule has 0 aromatic heterocycles. The van der Waals surface area contributed by atoms with Gasteiger partial charge in [-0.3, -0.25) is 4.79 Å². The molecule has 2 aliphatic rings. The fourth-order valence-electron chi connectivity index (χ4n) is 3.14. The maximum Gasteiger partial charge on any atom is 0.263 e. The Morgan fingerprint density at radius 3 is 2.81 bits per heavy atom. The molecule has 0 spiro atoms. The number of amides is 1. The van der Waals surface area contributed by atoms with Crippen LogP contribution >= 0.6 is 0 Å². The van der Waals surface area contributed by atoms with Crippen molar-refractivity contribution in [3.8, 4) is 5.75 Å². The molecule has 1 heterocycles. The Morgan fingerprint density at radius 1 is 1.24 bits per heavy atom. The molecule has 1 aliphatic carbocycles. The molecular formula is C17H23NO3. The van der Waals surface area contributed by atoms with Crippen LogP contribution in [0.2, 0.25) is 0 Å². The van der Waals surface area contributed by atoms with Gasteiger partial charge in [-0.25, -0.2) is 0 Å². The monoisotopic (exact) mass is 289 g/mol. The van der Waals surface area contributed by atoms with Gasteiger partial charge in [0.2, 0.25) is 0 Å². The normalized spacial score (nSPS) is 19.8. The van der Waals surface area contributed by atoms with E-state index in [2.05, 4.69) is 6.07 Å². The number of nitrogens with zero attached hydrogens (tertiary/aromatic N) is 1. The van der Waals surface area contributed by atoms with E-state index in [0.717, 1.165) is 18.6 Å². The summed E-state index contributed by atoms with van der Waals surface area (Å²) in [5.74, 6) is 0.952. The predicted octanol–water partition coefficient (Wildman–Crippen LogP) is 2.19. The number of benzene rings is 1. The minimum absolute atomic E-state index is 0.0618. The van der Waals surface area contributed by atoms with Gasteiger partial charge in [-0.15, -0.1) is 0 Å². The van der Waals surface area contributed by atoms with Crippen molar-refractivity contribution < 1.29 is 14.3 Å². The molecular weight excluding hydrogens is 266 g/mol. The number of hydrogen-bond acceptors (Lipinski definition) is 3. The zero-order valence-electron chi connectivity index (χ0n) is 12.6. The van der Waals surface area contributed by atoms with Crippen LogP contribution in [0.15, 0.2) is 18.2 Å². The van der Waals surface area contributed by atoms with Crippen molar-refractivity contribution in [1.82, 2.24) is 4.90 Å². The number of rotatable bonds is 3. The first kappa shape index (κ1) is 14.4. The van der Waals surface area contributed by atoms with Crippen LogP contribution in [-0.2, 0) is 22.4 Å². The Balaban J connectivity index is 1.69. The molecule has 3 rings (SSSR count). The summed E-state index contributed by atoms with van der Waals surface area (Å²) in [5, 5.41) is 0. The lowest BCUT2D eigenvalue weighted by Crippen LogP contribution is -2.46. The third-order valence-corrected chi connectivity index (χ3v) is 4.33. The first-order valence-electron chi connectivity index (χ1n) is 7.89. The van der Waals surface area contributed by atoms with E-state index in [1.54, 1.807) is 0 Å². The van der Waals surface area contributed by atoms with Crippen LogP contribution in [0.4, 0.5) is 0 Å². The van der Waals surface area contributed by atoms with Crippen LogP contribution < -0.4 is 4.74 Å². The van der Waals surface area contributed by atoms with Crippen molar-refractivity contribution in [2.45, 2.75) is 38.7 Å². The Labute approximate surface area is 126 Å². The highest BCUT2D eigenvalue weighted by Gasteiger charge is 2.25. The molecule has 4 heteroatoms. The number of ether oxygens (including phenoxy) is 2. The summed E-state index contributed by atoms with van der Waals surface area (Å²) in [6, 6.07) is 6.20. The summed E-state index contributed by atoms with van der Waals surface area (Å²) in [7, 11) is 0. The van der Waals surface area contributed by atoms with Crippen LogP contribution in [0.25, 0.3) is 0 Å². The molecule has 21 heavy (non-hydrogen) atoms. The highest BCUT2D eigenvalue weighted by Crippen LogP contribution is 2.30. The SMILES string of the molecule is CC(Oc1cccc2c1CCCC2)C(=O)N1CCOCC1. The average molecular weight is 289 g/mol. The van der Waals surface area contributed by atoms with Crippen LogP contribution in [-0.4, -0.2) is 43.2 Å². The summed E-state index contributed by atoms with van der Waals surface area (Å²) < 4.78 is 11.3. The van der Waals surface area contributed by atoms with Gasteiger partial charge in [0.25, 0.3) is 5.91 Å². The Bertz CT molecular complexity index is 509. The molecule has 1 aliphatic heterocycles. The van der Waals surface area contributed by atoms with Gasteiger partial charge in [0.15, 0.2) is 6.10 Å². The number of carbonyl (C=O) groups excluding carboxylic acids is 1.